The minimum absolute atomic E-state index is 0.0755. The molecular weight excluding hydrogens is 382 g/mol. The van der Waals surface area contributed by atoms with Gasteiger partial charge in [0.25, 0.3) is 5.91 Å². The van der Waals surface area contributed by atoms with Gasteiger partial charge in [-0.25, -0.2) is 0 Å². The number of benzene rings is 1. The molecule has 2 heterocycles. The number of halogens is 2. The van der Waals surface area contributed by atoms with E-state index in [0.29, 0.717) is 25.5 Å². The number of amides is 1. The number of nitrogens with zero attached hydrogens (tertiary/aromatic N) is 2. The van der Waals surface area contributed by atoms with Gasteiger partial charge in [0, 0.05) is 44.9 Å². The highest BCUT2D eigenvalue weighted by atomic mass is 19.3. The average molecular weight is 408 g/mol. The third kappa shape index (κ3) is 5.77. The van der Waals surface area contributed by atoms with Gasteiger partial charge in [0.05, 0.1) is 12.9 Å². The van der Waals surface area contributed by atoms with E-state index < -0.39 is 6.61 Å². The number of para-hydroxylation sites is 1. The van der Waals surface area contributed by atoms with Gasteiger partial charge in [0.2, 0.25) is 0 Å². The van der Waals surface area contributed by atoms with Gasteiger partial charge >= 0.3 is 6.61 Å². The van der Waals surface area contributed by atoms with Crippen molar-refractivity contribution in [2.75, 3.05) is 33.4 Å². The van der Waals surface area contributed by atoms with Crippen molar-refractivity contribution in [3.63, 3.8) is 0 Å². The average Bonchev–Trinajstić information content (AvgIpc) is 3.25. The van der Waals surface area contributed by atoms with Gasteiger partial charge in [0.1, 0.15) is 5.75 Å². The molecular formula is C21H26F2N2O4. The maximum absolute atomic E-state index is 12.8. The first-order valence-corrected chi connectivity index (χ1v) is 9.67. The summed E-state index contributed by atoms with van der Waals surface area (Å²) in [6.07, 6.45) is 3.06. The molecule has 158 valence electrons. The molecule has 1 aromatic heterocycles. The normalized spacial score (nSPS) is 15.6. The second kappa shape index (κ2) is 10.4. The van der Waals surface area contributed by atoms with Crippen LogP contribution in [0, 0.1) is 0 Å². The first-order chi connectivity index (χ1) is 14.1. The fourth-order valence-corrected chi connectivity index (χ4v) is 3.66. The van der Waals surface area contributed by atoms with E-state index in [1.807, 2.05) is 11.0 Å². The van der Waals surface area contributed by atoms with E-state index in [-0.39, 0.29) is 17.7 Å². The summed E-state index contributed by atoms with van der Waals surface area (Å²) < 4.78 is 40.3. The first kappa shape index (κ1) is 21.3. The van der Waals surface area contributed by atoms with Crippen molar-refractivity contribution in [3.05, 3.63) is 54.0 Å². The van der Waals surface area contributed by atoms with E-state index in [1.54, 1.807) is 37.4 Å². The Bertz CT molecular complexity index is 762. The molecule has 8 heteroatoms. The number of furan rings is 1. The molecule has 0 radical (unpaired) electrons. The Labute approximate surface area is 169 Å². The Kier molecular flexibility index (Phi) is 7.60. The van der Waals surface area contributed by atoms with Crippen LogP contribution >= 0.6 is 0 Å². The molecule has 0 spiro atoms. The molecule has 1 aliphatic heterocycles. The zero-order valence-corrected chi connectivity index (χ0v) is 16.4. The van der Waals surface area contributed by atoms with Crippen LogP contribution in [0.1, 0.15) is 29.0 Å². The van der Waals surface area contributed by atoms with Gasteiger partial charge in [-0.3, -0.25) is 9.69 Å². The maximum Gasteiger partial charge on any atom is 0.387 e. The zero-order chi connectivity index (χ0) is 20.6. The van der Waals surface area contributed by atoms with Crippen molar-refractivity contribution in [1.29, 1.82) is 0 Å². The van der Waals surface area contributed by atoms with Crippen molar-refractivity contribution in [2.24, 2.45) is 0 Å². The molecule has 0 aliphatic carbocycles. The molecule has 0 bridgehead atoms. The number of carbonyl (C=O) groups excluding carboxylic acids is 1. The lowest BCUT2D eigenvalue weighted by Gasteiger charge is -2.38. The van der Waals surface area contributed by atoms with Crippen LogP contribution in [-0.2, 0) is 11.3 Å². The molecule has 0 unspecified atom stereocenters. The third-order valence-corrected chi connectivity index (χ3v) is 5.11. The second-order valence-electron chi connectivity index (χ2n) is 6.96. The summed E-state index contributed by atoms with van der Waals surface area (Å²) in [6, 6.07) is 10.3. The van der Waals surface area contributed by atoms with E-state index in [9.17, 15) is 13.6 Å². The van der Waals surface area contributed by atoms with Crippen molar-refractivity contribution < 1.29 is 27.5 Å². The maximum atomic E-state index is 12.8. The number of alkyl halides is 2. The van der Waals surface area contributed by atoms with Gasteiger partial charge in [-0.2, -0.15) is 8.78 Å². The molecule has 3 rings (SSSR count). The van der Waals surface area contributed by atoms with Crippen molar-refractivity contribution in [1.82, 2.24) is 9.80 Å². The fourth-order valence-electron chi connectivity index (χ4n) is 3.66. The van der Waals surface area contributed by atoms with Crippen LogP contribution in [-0.4, -0.2) is 61.7 Å². The summed E-state index contributed by atoms with van der Waals surface area (Å²) >= 11 is 0. The predicted octanol–water partition coefficient (Wildman–Crippen LogP) is 3.63. The Balaban J connectivity index is 1.60. The fraction of sp³-hybridized carbons (Fsp3) is 0.476. The quantitative estimate of drug-likeness (QED) is 0.634. The summed E-state index contributed by atoms with van der Waals surface area (Å²) in [7, 11) is 1.61. The Morgan fingerprint density at radius 3 is 2.66 bits per heavy atom. The molecule has 0 N–H and O–H groups in total. The topological polar surface area (TPSA) is 55.2 Å². The van der Waals surface area contributed by atoms with Crippen molar-refractivity contribution >= 4 is 5.91 Å². The van der Waals surface area contributed by atoms with Crippen LogP contribution in [0.5, 0.6) is 5.75 Å². The number of carbonyl (C=O) groups is 1. The number of rotatable bonds is 9. The van der Waals surface area contributed by atoms with E-state index in [4.69, 9.17) is 9.15 Å². The lowest BCUT2D eigenvalue weighted by Crippen LogP contribution is -2.48. The highest BCUT2D eigenvalue weighted by Gasteiger charge is 2.29. The molecule has 2 aromatic rings. The number of hydrogen-bond acceptors (Lipinski definition) is 5. The lowest BCUT2D eigenvalue weighted by atomic mass is 10.0. The van der Waals surface area contributed by atoms with E-state index in [2.05, 4.69) is 9.64 Å². The highest BCUT2D eigenvalue weighted by Crippen LogP contribution is 2.25. The third-order valence-electron chi connectivity index (χ3n) is 5.11. The molecule has 0 atom stereocenters. The molecule has 0 saturated carbocycles. The van der Waals surface area contributed by atoms with Gasteiger partial charge in [0.15, 0.2) is 5.76 Å². The molecule has 1 amide bonds. The zero-order valence-electron chi connectivity index (χ0n) is 16.4. The summed E-state index contributed by atoms with van der Waals surface area (Å²) in [5.41, 5.74) is 0.731. The van der Waals surface area contributed by atoms with Crippen LogP contribution in [0.2, 0.25) is 0 Å². The molecule has 6 nitrogen and oxygen atoms in total. The number of methoxy groups -OCH3 is 1. The van der Waals surface area contributed by atoms with Crippen LogP contribution in [0.4, 0.5) is 8.78 Å². The van der Waals surface area contributed by atoms with Crippen LogP contribution in [0.15, 0.2) is 47.1 Å². The summed E-state index contributed by atoms with van der Waals surface area (Å²) in [4.78, 5) is 16.8. The standard InChI is InChI=1S/C21H26F2N2O4/c1-27-14-12-25(20(26)19-7-4-13-28-19)17-8-10-24(11-9-17)15-16-5-2-3-6-18(16)29-21(22)23/h2-7,13,17,21H,8-12,14-15H2,1H3. The molecule has 29 heavy (non-hydrogen) atoms. The predicted molar refractivity (Wildman–Crippen MR) is 103 cm³/mol. The molecule has 1 aliphatic rings. The van der Waals surface area contributed by atoms with Gasteiger partial charge in [-0.05, 0) is 31.0 Å². The highest BCUT2D eigenvalue weighted by molar-refractivity contribution is 5.91. The first-order valence-electron chi connectivity index (χ1n) is 9.67. The van der Waals surface area contributed by atoms with Gasteiger partial charge in [-0.1, -0.05) is 18.2 Å². The van der Waals surface area contributed by atoms with Gasteiger partial charge in [-0.15, -0.1) is 0 Å². The van der Waals surface area contributed by atoms with Gasteiger partial charge < -0.3 is 18.8 Å². The van der Waals surface area contributed by atoms with E-state index in [1.165, 1.54) is 6.26 Å². The molecule has 1 saturated heterocycles. The monoisotopic (exact) mass is 408 g/mol. The van der Waals surface area contributed by atoms with E-state index >= 15 is 0 Å². The molecule has 1 fully saturated rings. The summed E-state index contributed by atoms with van der Waals surface area (Å²) in [5, 5.41) is 0. The summed E-state index contributed by atoms with van der Waals surface area (Å²) in [5.74, 6) is 0.391. The Hall–Kier alpha value is -2.45. The van der Waals surface area contributed by atoms with Crippen LogP contribution in [0.3, 0.4) is 0 Å². The number of ether oxygens (including phenoxy) is 2. The number of piperidine rings is 1. The smallest absolute Gasteiger partial charge is 0.387 e. The number of hydrogen-bond donors (Lipinski definition) is 0. The largest absolute Gasteiger partial charge is 0.459 e. The van der Waals surface area contributed by atoms with Crippen LogP contribution < -0.4 is 4.74 Å². The van der Waals surface area contributed by atoms with Crippen molar-refractivity contribution in [3.8, 4) is 5.75 Å². The SMILES string of the molecule is COCCN(C(=O)c1ccco1)C1CCN(Cc2ccccc2OC(F)F)CC1. The minimum Gasteiger partial charge on any atom is -0.459 e. The van der Waals surface area contributed by atoms with Crippen LogP contribution in [0.25, 0.3) is 0 Å². The van der Waals surface area contributed by atoms with Crippen molar-refractivity contribution in [2.45, 2.75) is 32.0 Å². The second-order valence-corrected chi connectivity index (χ2v) is 6.96. The summed E-state index contributed by atoms with van der Waals surface area (Å²) in [6.45, 7) is 0.130. The van der Waals surface area contributed by atoms with E-state index in [0.717, 1.165) is 31.5 Å². The number of likely N-dealkylation sites (tertiary alicyclic amines) is 1. The Morgan fingerprint density at radius 1 is 1.24 bits per heavy atom. The molecule has 1 aromatic carbocycles. The minimum atomic E-state index is -2.84. The Morgan fingerprint density at radius 2 is 2.00 bits per heavy atom. The lowest BCUT2D eigenvalue weighted by molar-refractivity contribution is -0.0508.